The Morgan fingerprint density at radius 1 is 1.00 bits per heavy atom. The highest BCUT2D eigenvalue weighted by atomic mass is 16.6. The topological polar surface area (TPSA) is 136 Å². The Kier molecular flexibility index (Phi) is 7.83. The third-order valence-electron chi connectivity index (χ3n) is 3.59. The van der Waals surface area contributed by atoms with Gasteiger partial charge in [-0.1, -0.05) is 6.07 Å². The van der Waals surface area contributed by atoms with Crippen LogP contribution in [-0.4, -0.2) is 53.9 Å². The van der Waals surface area contributed by atoms with Crippen molar-refractivity contribution in [3.63, 3.8) is 0 Å². The molecule has 0 aliphatic heterocycles. The lowest BCUT2D eigenvalue weighted by atomic mass is 10.1. The molecule has 11 heteroatoms. The van der Waals surface area contributed by atoms with E-state index in [1.165, 1.54) is 38.5 Å². The van der Waals surface area contributed by atoms with Gasteiger partial charge in [-0.2, -0.15) is 9.97 Å². The molecule has 1 aromatic heterocycles. The number of benzene rings is 1. The van der Waals surface area contributed by atoms with Gasteiger partial charge < -0.3 is 33.5 Å². The fourth-order valence-corrected chi connectivity index (χ4v) is 2.29. The summed E-state index contributed by atoms with van der Waals surface area (Å²) in [6, 6.07) is 5.57. The molecule has 0 unspecified atom stereocenters. The van der Waals surface area contributed by atoms with Gasteiger partial charge in [0.05, 0.1) is 27.4 Å². The number of ether oxygens (including phenoxy) is 6. The van der Waals surface area contributed by atoms with Crippen molar-refractivity contribution in [1.29, 1.82) is 0 Å². The smallest absolute Gasteiger partial charge is 0.377 e. The molecule has 0 bridgehead atoms. The van der Waals surface area contributed by atoms with Crippen molar-refractivity contribution in [2.24, 2.45) is 0 Å². The van der Waals surface area contributed by atoms with Gasteiger partial charge in [-0.25, -0.2) is 9.59 Å². The van der Waals surface area contributed by atoms with Gasteiger partial charge in [0.25, 0.3) is 0 Å². The van der Waals surface area contributed by atoms with Crippen LogP contribution in [0.25, 0.3) is 0 Å². The molecule has 2 rings (SSSR count). The molecule has 1 N–H and O–H groups in total. The van der Waals surface area contributed by atoms with Gasteiger partial charge >= 0.3 is 17.9 Å². The largest absolute Gasteiger partial charge is 0.511 e. The zero-order valence-electron chi connectivity index (χ0n) is 18.5. The molecule has 0 aliphatic carbocycles. The summed E-state index contributed by atoms with van der Waals surface area (Å²) in [5.74, 6) is -2.21. The van der Waals surface area contributed by atoms with Gasteiger partial charge in [-0.05, 0) is 32.9 Å². The summed E-state index contributed by atoms with van der Waals surface area (Å²) in [4.78, 5) is 32.9. The summed E-state index contributed by atoms with van der Waals surface area (Å²) in [6.07, 6.45) is 0.411. The summed E-state index contributed by atoms with van der Waals surface area (Å²) in [6.45, 7) is 5.04. The van der Waals surface area contributed by atoms with Crippen LogP contribution in [0.3, 0.4) is 0 Å². The van der Waals surface area contributed by atoms with Crippen molar-refractivity contribution < 1.29 is 43.1 Å². The maximum atomic E-state index is 13.0. The van der Waals surface area contributed by atoms with Crippen molar-refractivity contribution in [1.82, 2.24) is 9.97 Å². The van der Waals surface area contributed by atoms with Crippen LogP contribution in [0.15, 0.2) is 36.3 Å². The fourth-order valence-electron chi connectivity index (χ4n) is 2.29. The van der Waals surface area contributed by atoms with Crippen LogP contribution in [-0.2, 0) is 14.3 Å². The Hall–Kier alpha value is -4.02. The van der Waals surface area contributed by atoms with Crippen molar-refractivity contribution in [3.8, 4) is 29.3 Å². The summed E-state index contributed by atoms with van der Waals surface area (Å²) >= 11 is 0. The highest BCUT2D eigenvalue weighted by Gasteiger charge is 2.28. The predicted octanol–water partition coefficient (Wildman–Crippen LogP) is 3.19. The Morgan fingerprint density at radius 2 is 1.59 bits per heavy atom. The molecule has 32 heavy (non-hydrogen) atoms. The quantitative estimate of drug-likeness (QED) is 0.362. The summed E-state index contributed by atoms with van der Waals surface area (Å²) in [5, 5.41) is 9.34. The lowest BCUT2D eigenvalue weighted by Crippen LogP contribution is -2.25. The average molecular weight is 448 g/mol. The fraction of sp³-hybridized carbons (Fsp3) is 0.333. The number of aromatic nitrogens is 2. The number of hydrogen-bond acceptors (Lipinski definition) is 11. The minimum Gasteiger partial charge on any atom is -0.511 e. The van der Waals surface area contributed by atoms with E-state index >= 15 is 0 Å². The number of methoxy groups -OCH3 is 3. The minimum absolute atomic E-state index is 0.0470. The molecule has 0 atom stereocenters. The first kappa shape index (κ1) is 24.3. The molecule has 1 heterocycles. The third kappa shape index (κ3) is 6.24. The van der Waals surface area contributed by atoms with Gasteiger partial charge in [0.1, 0.15) is 28.9 Å². The van der Waals surface area contributed by atoms with Crippen LogP contribution in [0.4, 0.5) is 0 Å². The predicted molar refractivity (Wildman–Crippen MR) is 110 cm³/mol. The van der Waals surface area contributed by atoms with Gasteiger partial charge in [0, 0.05) is 0 Å². The molecule has 2 aromatic rings. The van der Waals surface area contributed by atoms with Crippen molar-refractivity contribution in [2.45, 2.75) is 26.4 Å². The molecule has 0 aliphatic rings. The number of aliphatic hydroxyl groups excluding tert-OH is 1. The first-order valence-electron chi connectivity index (χ1n) is 9.23. The van der Waals surface area contributed by atoms with Gasteiger partial charge in [0.2, 0.25) is 17.5 Å². The normalized spacial score (nSPS) is 11.4. The van der Waals surface area contributed by atoms with Crippen LogP contribution in [0.5, 0.6) is 29.3 Å². The van der Waals surface area contributed by atoms with E-state index in [2.05, 4.69) is 14.7 Å². The Morgan fingerprint density at radius 3 is 2.09 bits per heavy atom. The van der Waals surface area contributed by atoms with E-state index in [1.807, 2.05) is 0 Å². The molecule has 172 valence electrons. The van der Waals surface area contributed by atoms with Crippen LogP contribution < -0.4 is 18.9 Å². The van der Waals surface area contributed by atoms with Crippen LogP contribution in [0, 0.1) is 0 Å². The Labute approximate surface area is 184 Å². The average Bonchev–Trinajstić information content (AvgIpc) is 2.75. The standard InChI is InChI=1S/C21H24N2O9/c1-21(2,3)32-19(26)17-12(30-14(11-24)18(25)29-6)8-7-9-13(17)31-20-22-15(27-4)10-16(23-20)28-5/h7-11,24H,1-6H3. The highest BCUT2D eigenvalue weighted by molar-refractivity contribution is 5.96. The SMILES string of the molecule is COC(=O)C(=CO)Oc1cccc(Oc2nc(OC)cc(OC)n2)c1C(=O)OC(C)(C)C. The minimum atomic E-state index is -0.963. The maximum absolute atomic E-state index is 13.0. The lowest BCUT2D eigenvalue weighted by molar-refractivity contribution is -0.138. The number of carbonyl (C=O) groups excluding carboxylic acids is 2. The van der Waals surface area contributed by atoms with Crippen molar-refractivity contribution in [2.75, 3.05) is 21.3 Å². The molecule has 0 spiro atoms. The monoisotopic (exact) mass is 448 g/mol. The molecule has 1 aromatic carbocycles. The number of hydrogen-bond donors (Lipinski definition) is 1. The molecule has 0 saturated carbocycles. The molecule has 0 saturated heterocycles. The van der Waals surface area contributed by atoms with E-state index in [-0.39, 0.29) is 34.8 Å². The first-order valence-corrected chi connectivity index (χ1v) is 9.23. The molecule has 0 fully saturated rings. The Bertz CT molecular complexity index is 991. The second-order valence-corrected chi connectivity index (χ2v) is 7.06. The molecule has 0 amide bonds. The van der Waals surface area contributed by atoms with E-state index in [0.29, 0.717) is 6.26 Å². The molecule has 11 nitrogen and oxygen atoms in total. The number of carbonyl (C=O) groups is 2. The van der Waals surface area contributed by atoms with Crippen LogP contribution in [0.1, 0.15) is 31.1 Å². The highest BCUT2D eigenvalue weighted by Crippen LogP contribution is 2.34. The molecular weight excluding hydrogens is 424 g/mol. The van der Waals surface area contributed by atoms with Gasteiger partial charge in [-0.15, -0.1) is 0 Å². The van der Waals surface area contributed by atoms with E-state index in [0.717, 1.165) is 7.11 Å². The van der Waals surface area contributed by atoms with E-state index < -0.39 is 23.3 Å². The van der Waals surface area contributed by atoms with E-state index in [9.17, 15) is 14.7 Å². The molecular formula is C21H24N2O9. The first-order chi connectivity index (χ1) is 15.1. The maximum Gasteiger partial charge on any atom is 0.377 e. The summed E-state index contributed by atoms with van der Waals surface area (Å²) < 4.78 is 31.3. The number of aliphatic hydroxyl groups is 1. The summed E-state index contributed by atoms with van der Waals surface area (Å²) in [5.41, 5.74) is -1.04. The Balaban J connectivity index is 2.57. The van der Waals surface area contributed by atoms with E-state index in [1.54, 1.807) is 20.8 Å². The molecule has 0 radical (unpaired) electrons. The van der Waals surface area contributed by atoms with Gasteiger partial charge in [0.15, 0.2) is 0 Å². The third-order valence-corrected chi connectivity index (χ3v) is 3.59. The van der Waals surface area contributed by atoms with Crippen LogP contribution >= 0.6 is 0 Å². The number of esters is 2. The second kappa shape index (κ2) is 10.3. The van der Waals surface area contributed by atoms with Crippen LogP contribution in [0.2, 0.25) is 0 Å². The zero-order chi connectivity index (χ0) is 23.9. The number of nitrogens with zero attached hydrogens (tertiary/aromatic N) is 2. The lowest BCUT2D eigenvalue weighted by Gasteiger charge is -2.21. The van der Waals surface area contributed by atoms with E-state index in [4.69, 9.17) is 23.7 Å². The van der Waals surface area contributed by atoms with Crippen molar-refractivity contribution in [3.05, 3.63) is 41.9 Å². The number of rotatable bonds is 8. The van der Waals surface area contributed by atoms with Crippen molar-refractivity contribution >= 4 is 11.9 Å². The zero-order valence-corrected chi connectivity index (χ0v) is 18.5. The van der Waals surface area contributed by atoms with Gasteiger partial charge in [-0.3, -0.25) is 0 Å². The summed E-state index contributed by atoms with van der Waals surface area (Å²) in [7, 11) is 3.92. The second-order valence-electron chi connectivity index (χ2n) is 7.06.